The van der Waals surface area contributed by atoms with Crippen LogP contribution in [0.4, 0.5) is 17.1 Å². The van der Waals surface area contributed by atoms with E-state index in [2.05, 4.69) is 5.32 Å². The van der Waals surface area contributed by atoms with Gasteiger partial charge in [0, 0.05) is 11.8 Å². The average Bonchev–Trinajstić information content (AvgIpc) is 2.71. The van der Waals surface area contributed by atoms with E-state index in [0.717, 1.165) is 0 Å². The van der Waals surface area contributed by atoms with Crippen molar-refractivity contribution in [2.45, 2.75) is 26.9 Å². The van der Waals surface area contributed by atoms with Crippen molar-refractivity contribution in [2.75, 3.05) is 23.4 Å². The van der Waals surface area contributed by atoms with Crippen molar-refractivity contribution in [1.82, 2.24) is 0 Å². The number of nitrogens with one attached hydrogen (secondary N) is 1. The summed E-state index contributed by atoms with van der Waals surface area (Å²) in [5.41, 5.74) is 0.738. The minimum Gasteiger partial charge on any atom is -0.494 e. The third-order valence-electron chi connectivity index (χ3n) is 4.56. The van der Waals surface area contributed by atoms with Crippen LogP contribution in [0.1, 0.15) is 20.8 Å². The Bertz CT molecular complexity index is 958. The fourth-order valence-corrected chi connectivity index (χ4v) is 3.12. The molecule has 1 atom stereocenters. The van der Waals surface area contributed by atoms with Crippen molar-refractivity contribution in [2.24, 2.45) is 5.92 Å². The molecule has 1 aliphatic heterocycles. The number of carbonyl (C=O) groups excluding carboxylic acids is 2. The minimum absolute atomic E-state index is 0.149. The first-order valence-electron chi connectivity index (χ1n) is 9.59. The summed E-state index contributed by atoms with van der Waals surface area (Å²) in [4.78, 5) is 37.4. The number of ether oxygens (including phenoxy) is 2. The second-order valence-corrected chi connectivity index (χ2v) is 7.12. The van der Waals surface area contributed by atoms with Crippen molar-refractivity contribution in [3.63, 3.8) is 0 Å². The summed E-state index contributed by atoms with van der Waals surface area (Å²) in [5.74, 6) is -0.0541. The summed E-state index contributed by atoms with van der Waals surface area (Å²) in [6.45, 7) is 5.79. The first-order valence-corrected chi connectivity index (χ1v) is 9.59. The third-order valence-corrected chi connectivity index (χ3v) is 4.56. The van der Waals surface area contributed by atoms with E-state index in [1.54, 1.807) is 24.3 Å². The van der Waals surface area contributed by atoms with Gasteiger partial charge in [0.2, 0.25) is 5.91 Å². The highest BCUT2D eigenvalue weighted by atomic mass is 16.6. The number of carbonyl (C=O) groups is 2. The Labute approximate surface area is 173 Å². The quantitative estimate of drug-likeness (QED) is 0.550. The van der Waals surface area contributed by atoms with Gasteiger partial charge < -0.3 is 14.8 Å². The maximum atomic E-state index is 12.9. The molecule has 2 aromatic carbocycles. The molecular formula is C21H23N3O6. The first kappa shape index (κ1) is 21.1. The van der Waals surface area contributed by atoms with Crippen LogP contribution in [-0.2, 0) is 9.59 Å². The Balaban J connectivity index is 1.81. The van der Waals surface area contributed by atoms with Gasteiger partial charge in [0.1, 0.15) is 12.3 Å². The number of hydrogen-bond donors (Lipinski definition) is 1. The molecule has 2 amide bonds. The van der Waals surface area contributed by atoms with Gasteiger partial charge in [0.15, 0.2) is 11.9 Å². The molecule has 0 fully saturated rings. The van der Waals surface area contributed by atoms with E-state index in [4.69, 9.17) is 9.47 Å². The van der Waals surface area contributed by atoms with Gasteiger partial charge in [-0.3, -0.25) is 24.6 Å². The maximum absolute atomic E-state index is 12.9. The zero-order valence-corrected chi connectivity index (χ0v) is 17.0. The molecule has 0 radical (unpaired) electrons. The molecule has 0 bridgehead atoms. The van der Waals surface area contributed by atoms with Gasteiger partial charge in [-0.1, -0.05) is 13.8 Å². The van der Waals surface area contributed by atoms with Crippen LogP contribution in [0.25, 0.3) is 0 Å². The normalized spacial score (nSPS) is 15.4. The monoisotopic (exact) mass is 413 g/mol. The van der Waals surface area contributed by atoms with Crippen LogP contribution in [-0.4, -0.2) is 36.0 Å². The zero-order chi connectivity index (χ0) is 21.8. The smallest absolute Gasteiger partial charge is 0.273 e. The Hall–Kier alpha value is -3.62. The lowest BCUT2D eigenvalue weighted by Gasteiger charge is -2.35. The lowest BCUT2D eigenvalue weighted by molar-refractivity contribution is -0.384. The van der Waals surface area contributed by atoms with Gasteiger partial charge in [-0.25, -0.2) is 0 Å². The van der Waals surface area contributed by atoms with Gasteiger partial charge >= 0.3 is 0 Å². The molecule has 9 heteroatoms. The van der Waals surface area contributed by atoms with Crippen molar-refractivity contribution >= 4 is 28.9 Å². The summed E-state index contributed by atoms with van der Waals surface area (Å²) < 4.78 is 11.1. The Kier molecular flexibility index (Phi) is 6.20. The molecule has 3 rings (SSSR count). The van der Waals surface area contributed by atoms with Gasteiger partial charge in [0.05, 0.1) is 23.3 Å². The number of hydrogen-bond acceptors (Lipinski definition) is 6. The van der Waals surface area contributed by atoms with Crippen LogP contribution in [0.5, 0.6) is 11.5 Å². The predicted molar refractivity (Wildman–Crippen MR) is 111 cm³/mol. The Morgan fingerprint density at radius 3 is 2.57 bits per heavy atom. The fraction of sp³-hybridized carbons (Fsp3) is 0.333. The zero-order valence-electron chi connectivity index (χ0n) is 17.0. The average molecular weight is 413 g/mol. The molecule has 0 saturated heterocycles. The largest absolute Gasteiger partial charge is 0.494 e. The summed E-state index contributed by atoms with van der Waals surface area (Å²) in [7, 11) is 0. The maximum Gasteiger partial charge on any atom is 0.273 e. The number of anilines is 2. The number of rotatable bonds is 7. The second-order valence-electron chi connectivity index (χ2n) is 7.12. The lowest BCUT2D eigenvalue weighted by atomic mass is 10.0. The molecule has 1 unspecified atom stereocenters. The number of nitrogens with zero attached hydrogens (tertiary/aromatic N) is 2. The van der Waals surface area contributed by atoms with Gasteiger partial charge in [-0.05, 0) is 43.2 Å². The molecule has 1 aliphatic rings. The molecule has 0 aromatic heterocycles. The van der Waals surface area contributed by atoms with Crippen LogP contribution in [0.2, 0.25) is 0 Å². The number of fused-ring (bicyclic) bond motifs is 1. The van der Waals surface area contributed by atoms with E-state index in [9.17, 15) is 19.7 Å². The highest BCUT2D eigenvalue weighted by Crippen LogP contribution is 2.38. The highest BCUT2D eigenvalue weighted by molar-refractivity contribution is 6.06. The van der Waals surface area contributed by atoms with Crippen molar-refractivity contribution in [3.05, 3.63) is 52.6 Å². The van der Waals surface area contributed by atoms with Crippen LogP contribution in [0.3, 0.4) is 0 Å². The van der Waals surface area contributed by atoms with E-state index in [-0.39, 0.29) is 29.8 Å². The number of nitro groups is 1. The number of non-ortho nitro benzene ring substituents is 1. The third kappa shape index (κ3) is 4.51. The van der Waals surface area contributed by atoms with Crippen molar-refractivity contribution in [1.29, 1.82) is 0 Å². The highest BCUT2D eigenvalue weighted by Gasteiger charge is 2.38. The molecule has 30 heavy (non-hydrogen) atoms. The van der Waals surface area contributed by atoms with Crippen LogP contribution in [0.15, 0.2) is 42.5 Å². The fourth-order valence-electron chi connectivity index (χ4n) is 3.12. The van der Waals surface area contributed by atoms with Crippen LogP contribution >= 0.6 is 0 Å². The van der Waals surface area contributed by atoms with Crippen molar-refractivity contribution < 1.29 is 24.0 Å². The van der Waals surface area contributed by atoms with E-state index in [1.165, 1.54) is 23.1 Å². The predicted octanol–water partition coefficient (Wildman–Crippen LogP) is 3.38. The molecule has 158 valence electrons. The standard InChI is InChI=1S/C21H23N3O6/c1-4-29-16-8-5-14(6-9-16)22-19(25)12-23-17-10-7-15(24(27)28)11-18(17)30-20(13(2)3)21(23)26/h5-11,13,20H,4,12H2,1-3H3,(H,22,25). The lowest BCUT2D eigenvalue weighted by Crippen LogP contribution is -2.50. The molecule has 0 aliphatic carbocycles. The summed E-state index contributed by atoms with van der Waals surface area (Å²) in [6.07, 6.45) is -0.835. The number of nitro benzene ring substituents is 1. The van der Waals surface area contributed by atoms with Gasteiger partial charge in [-0.15, -0.1) is 0 Å². The Morgan fingerprint density at radius 2 is 1.97 bits per heavy atom. The molecule has 0 saturated carbocycles. The van der Waals surface area contributed by atoms with E-state index >= 15 is 0 Å². The molecular weight excluding hydrogens is 390 g/mol. The van der Waals surface area contributed by atoms with Gasteiger partial charge in [0.25, 0.3) is 11.6 Å². The topological polar surface area (TPSA) is 111 Å². The molecule has 0 spiro atoms. The Morgan fingerprint density at radius 1 is 1.27 bits per heavy atom. The molecule has 2 aromatic rings. The molecule has 9 nitrogen and oxygen atoms in total. The number of amides is 2. The first-order chi connectivity index (χ1) is 14.3. The molecule has 1 N–H and O–H groups in total. The van der Waals surface area contributed by atoms with Crippen LogP contribution < -0.4 is 19.7 Å². The molecule has 1 heterocycles. The second kappa shape index (κ2) is 8.81. The minimum atomic E-state index is -0.835. The summed E-state index contributed by atoms with van der Waals surface area (Å²) in [6, 6.07) is 10.9. The van der Waals surface area contributed by atoms with Crippen LogP contribution in [0, 0.1) is 16.0 Å². The number of benzene rings is 2. The van der Waals surface area contributed by atoms with Gasteiger partial charge in [-0.2, -0.15) is 0 Å². The van der Waals surface area contributed by atoms with Crippen molar-refractivity contribution in [3.8, 4) is 11.5 Å². The van der Waals surface area contributed by atoms with E-state index in [1.807, 2.05) is 20.8 Å². The summed E-state index contributed by atoms with van der Waals surface area (Å²) >= 11 is 0. The summed E-state index contributed by atoms with van der Waals surface area (Å²) in [5, 5.41) is 13.8. The van der Waals surface area contributed by atoms with E-state index in [0.29, 0.717) is 23.7 Å². The van der Waals surface area contributed by atoms with E-state index < -0.39 is 16.9 Å². The SMILES string of the molecule is CCOc1ccc(NC(=O)CN2C(=O)C(C(C)C)Oc3cc([N+](=O)[O-])ccc32)cc1.